The molecular formula is C12H21N3. The van der Waals surface area contributed by atoms with Gasteiger partial charge >= 0.3 is 0 Å². The topological polar surface area (TPSA) is 43.8 Å². The fourth-order valence-electron chi connectivity index (χ4n) is 1.93. The van der Waals surface area contributed by atoms with Crippen LogP contribution in [0.4, 0.5) is 5.82 Å². The smallest absolute Gasteiger partial charge is 0.126 e. The molecule has 1 aromatic heterocycles. The van der Waals surface area contributed by atoms with Gasteiger partial charge in [-0.05, 0) is 24.7 Å². The highest BCUT2D eigenvalue weighted by Gasteiger charge is 2.30. The summed E-state index contributed by atoms with van der Waals surface area (Å²) in [6, 6.07) is 0. The third-order valence-corrected chi connectivity index (χ3v) is 2.89. The van der Waals surface area contributed by atoms with Crippen LogP contribution in [0.5, 0.6) is 0 Å². The Labute approximate surface area is 91.7 Å². The molecule has 3 nitrogen and oxygen atoms in total. The summed E-state index contributed by atoms with van der Waals surface area (Å²) in [5, 5.41) is 0. The molecule has 1 aromatic rings. The van der Waals surface area contributed by atoms with E-state index in [0.29, 0.717) is 5.92 Å². The van der Waals surface area contributed by atoms with Crippen LogP contribution in [0.1, 0.15) is 51.0 Å². The van der Waals surface area contributed by atoms with Gasteiger partial charge in [0.15, 0.2) is 0 Å². The van der Waals surface area contributed by atoms with Gasteiger partial charge in [-0.3, -0.25) is 0 Å². The first kappa shape index (κ1) is 10.5. The molecule has 0 atom stereocenters. The standard InChI is InChI=1S/C12H21N3/c1-12(2,3)7-9-10(13)15(4)11(14-9)8-5-6-8/h8H,5-7,13H2,1-4H3. The summed E-state index contributed by atoms with van der Waals surface area (Å²) in [7, 11) is 2.03. The maximum Gasteiger partial charge on any atom is 0.126 e. The molecule has 0 amide bonds. The normalized spacial score (nSPS) is 17.1. The van der Waals surface area contributed by atoms with Crippen molar-refractivity contribution in [1.82, 2.24) is 9.55 Å². The first-order chi connectivity index (χ1) is 6.88. The molecule has 3 heteroatoms. The summed E-state index contributed by atoms with van der Waals surface area (Å²) < 4.78 is 2.07. The molecule has 0 bridgehead atoms. The molecule has 1 aliphatic rings. The van der Waals surface area contributed by atoms with Gasteiger partial charge in [-0.25, -0.2) is 4.98 Å². The molecule has 2 N–H and O–H groups in total. The lowest BCUT2D eigenvalue weighted by atomic mass is 9.90. The second-order valence-electron chi connectivity index (χ2n) is 5.87. The van der Waals surface area contributed by atoms with Gasteiger partial charge in [0.1, 0.15) is 11.6 Å². The summed E-state index contributed by atoms with van der Waals surface area (Å²) in [6.07, 6.45) is 3.51. The van der Waals surface area contributed by atoms with Crippen molar-refractivity contribution >= 4 is 5.82 Å². The van der Waals surface area contributed by atoms with Crippen LogP contribution >= 0.6 is 0 Å². The Balaban J connectivity index is 2.28. The predicted octanol–water partition coefficient (Wildman–Crippen LogP) is 2.47. The van der Waals surface area contributed by atoms with Crippen LogP contribution in [0.15, 0.2) is 0 Å². The minimum absolute atomic E-state index is 0.253. The fraction of sp³-hybridized carbons (Fsp3) is 0.750. The zero-order valence-electron chi connectivity index (χ0n) is 10.2. The molecule has 1 fully saturated rings. The molecular weight excluding hydrogens is 186 g/mol. The van der Waals surface area contributed by atoms with Crippen molar-refractivity contribution < 1.29 is 0 Å². The van der Waals surface area contributed by atoms with Crippen LogP contribution in [-0.2, 0) is 13.5 Å². The monoisotopic (exact) mass is 207 g/mol. The molecule has 0 spiro atoms. The molecule has 2 rings (SSSR count). The Morgan fingerprint density at radius 3 is 2.47 bits per heavy atom. The number of rotatable bonds is 2. The number of anilines is 1. The van der Waals surface area contributed by atoms with Crippen LogP contribution < -0.4 is 5.73 Å². The molecule has 84 valence electrons. The summed E-state index contributed by atoms with van der Waals surface area (Å²) in [5.74, 6) is 2.71. The van der Waals surface area contributed by atoms with Crippen molar-refractivity contribution in [2.45, 2.75) is 46.0 Å². The van der Waals surface area contributed by atoms with E-state index in [2.05, 4.69) is 25.3 Å². The van der Waals surface area contributed by atoms with E-state index in [-0.39, 0.29) is 5.41 Å². The molecule has 0 aliphatic heterocycles. The molecule has 0 aromatic carbocycles. The largest absolute Gasteiger partial charge is 0.384 e. The Kier molecular flexibility index (Phi) is 2.28. The van der Waals surface area contributed by atoms with Crippen molar-refractivity contribution in [2.24, 2.45) is 12.5 Å². The molecule has 1 aliphatic carbocycles. The first-order valence-corrected chi connectivity index (χ1v) is 5.69. The Morgan fingerprint density at radius 1 is 1.40 bits per heavy atom. The lowest BCUT2D eigenvalue weighted by molar-refractivity contribution is 0.407. The van der Waals surface area contributed by atoms with E-state index >= 15 is 0 Å². The summed E-state index contributed by atoms with van der Waals surface area (Å²) in [5.41, 5.74) is 7.41. The average molecular weight is 207 g/mol. The van der Waals surface area contributed by atoms with E-state index < -0.39 is 0 Å². The van der Waals surface area contributed by atoms with Gasteiger partial charge in [-0.1, -0.05) is 20.8 Å². The van der Waals surface area contributed by atoms with E-state index in [1.54, 1.807) is 0 Å². The van der Waals surface area contributed by atoms with Crippen LogP contribution in [0.2, 0.25) is 0 Å². The SMILES string of the molecule is Cn1c(C2CC2)nc(CC(C)(C)C)c1N. The summed E-state index contributed by atoms with van der Waals surface area (Å²) in [4.78, 5) is 4.69. The number of imidazole rings is 1. The van der Waals surface area contributed by atoms with Crippen molar-refractivity contribution in [1.29, 1.82) is 0 Å². The second-order valence-corrected chi connectivity index (χ2v) is 5.87. The minimum Gasteiger partial charge on any atom is -0.384 e. The van der Waals surface area contributed by atoms with Crippen molar-refractivity contribution in [3.05, 3.63) is 11.5 Å². The lowest BCUT2D eigenvalue weighted by Gasteiger charge is -2.16. The van der Waals surface area contributed by atoms with Gasteiger partial charge < -0.3 is 10.3 Å². The third kappa shape index (κ3) is 2.16. The number of hydrogen-bond acceptors (Lipinski definition) is 2. The quantitative estimate of drug-likeness (QED) is 0.809. The van der Waals surface area contributed by atoms with Crippen LogP contribution in [0, 0.1) is 5.41 Å². The van der Waals surface area contributed by atoms with E-state index in [0.717, 1.165) is 17.9 Å². The Bertz CT molecular complexity index is 367. The molecule has 0 radical (unpaired) electrons. The van der Waals surface area contributed by atoms with Crippen LogP contribution in [-0.4, -0.2) is 9.55 Å². The fourth-order valence-corrected chi connectivity index (χ4v) is 1.93. The number of nitrogens with two attached hydrogens (primary N) is 1. The summed E-state index contributed by atoms with van der Waals surface area (Å²) in [6.45, 7) is 6.66. The zero-order chi connectivity index (χ0) is 11.2. The highest BCUT2D eigenvalue weighted by molar-refractivity contribution is 5.39. The maximum atomic E-state index is 6.08. The maximum absolute atomic E-state index is 6.08. The minimum atomic E-state index is 0.253. The van der Waals surface area contributed by atoms with Gasteiger partial charge in [0.05, 0.1) is 5.69 Å². The van der Waals surface area contributed by atoms with Crippen molar-refractivity contribution in [3.63, 3.8) is 0 Å². The highest BCUT2D eigenvalue weighted by Crippen LogP contribution is 2.40. The summed E-state index contributed by atoms with van der Waals surface area (Å²) >= 11 is 0. The Hall–Kier alpha value is -0.990. The molecule has 1 saturated carbocycles. The van der Waals surface area contributed by atoms with Gasteiger partial charge in [0, 0.05) is 13.0 Å². The third-order valence-electron chi connectivity index (χ3n) is 2.89. The molecule has 15 heavy (non-hydrogen) atoms. The van der Waals surface area contributed by atoms with Gasteiger partial charge in [-0.15, -0.1) is 0 Å². The number of aromatic nitrogens is 2. The van der Waals surface area contributed by atoms with E-state index in [4.69, 9.17) is 10.7 Å². The van der Waals surface area contributed by atoms with Crippen molar-refractivity contribution in [2.75, 3.05) is 5.73 Å². The number of nitrogens with zero attached hydrogens (tertiary/aromatic N) is 2. The molecule has 0 unspecified atom stereocenters. The van der Waals surface area contributed by atoms with Gasteiger partial charge in [0.25, 0.3) is 0 Å². The average Bonchev–Trinajstić information content (AvgIpc) is 2.87. The van der Waals surface area contributed by atoms with Gasteiger partial charge in [0.2, 0.25) is 0 Å². The highest BCUT2D eigenvalue weighted by atomic mass is 15.1. The molecule has 0 saturated heterocycles. The van der Waals surface area contributed by atoms with E-state index in [1.807, 2.05) is 7.05 Å². The van der Waals surface area contributed by atoms with Gasteiger partial charge in [-0.2, -0.15) is 0 Å². The van der Waals surface area contributed by atoms with Crippen molar-refractivity contribution in [3.8, 4) is 0 Å². The van der Waals surface area contributed by atoms with E-state index in [9.17, 15) is 0 Å². The van der Waals surface area contributed by atoms with Crippen LogP contribution in [0.3, 0.4) is 0 Å². The number of hydrogen-bond donors (Lipinski definition) is 1. The lowest BCUT2D eigenvalue weighted by Crippen LogP contribution is -2.11. The van der Waals surface area contributed by atoms with Crippen LogP contribution in [0.25, 0.3) is 0 Å². The zero-order valence-corrected chi connectivity index (χ0v) is 10.2. The molecule has 1 heterocycles. The first-order valence-electron chi connectivity index (χ1n) is 5.69. The number of nitrogen functional groups attached to an aromatic ring is 1. The predicted molar refractivity (Wildman–Crippen MR) is 62.8 cm³/mol. The van der Waals surface area contributed by atoms with E-state index in [1.165, 1.54) is 18.7 Å². The Morgan fingerprint density at radius 2 is 2.00 bits per heavy atom. The second kappa shape index (κ2) is 3.26.